The smallest absolute Gasteiger partial charge is 0.213 e. The third-order valence-electron chi connectivity index (χ3n) is 2.45. The van der Waals surface area contributed by atoms with E-state index in [1.54, 1.807) is 6.07 Å². The van der Waals surface area contributed by atoms with Crippen molar-refractivity contribution in [3.8, 4) is 17.1 Å². The zero-order valence-electron chi connectivity index (χ0n) is 10.0. The molecule has 94 valence electrons. The van der Waals surface area contributed by atoms with Gasteiger partial charge in [-0.15, -0.1) is 0 Å². The summed E-state index contributed by atoms with van der Waals surface area (Å²) in [5, 5.41) is 9.48. The number of hydrogen-bond acceptors (Lipinski definition) is 5. The summed E-state index contributed by atoms with van der Waals surface area (Å²) in [4.78, 5) is 12.5. The van der Waals surface area contributed by atoms with Gasteiger partial charge in [0.05, 0.1) is 48.2 Å². The van der Waals surface area contributed by atoms with Crippen molar-refractivity contribution in [2.24, 2.45) is 0 Å². The highest BCUT2D eigenvalue weighted by atomic mass is 35.5. The number of rotatable bonds is 3. The predicted octanol–water partition coefficient (Wildman–Crippen LogP) is 2.00. The van der Waals surface area contributed by atoms with Gasteiger partial charge >= 0.3 is 0 Å². The molecule has 1 N–H and O–H groups in total. The lowest BCUT2D eigenvalue weighted by Gasteiger charge is -2.08. The molecule has 2 aromatic rings. The van der Waals surface area contributed by atoms with Crippen LogP contribution in [0.5, 0.6) is 5.88 Å². The number of aromatic nitrogens is 3. The number of pyridine rings is 1. The summed E-state index contributed by atoms with van der Waals surface area (Å²) in [6, 6.07) is 1.71. The Hall–Kier alpha value is -1.72. The first-order valence-corrected chi connectivity index (χ1v) is 5.66. The van der Waals surface area contributed by atoms with Crippen LogP contribution in [0.15, 0.2) is 18.5 Å². The summed E-state index contributed by atoms with van der Waals surface area (Å²) in [5.74, 6) is 0.460. The van der Waals surface area contributed by atoms with E-state index in [1.807, 2.05) is 6.92 Å². The average molecular weight is 266 g/mol. The van der Waals surface area contributed by atoms with E-state index >= 15 is 0 Å². The van der Waals surface area contributed by atoms with Crippen LogP contribution in [0.25, 0.3) is 11.3 Å². The van der Waals surface area contributed by atoms with Crippen molar-refractivity contribution in [3.05, 3.63) is 34.9 Å². The Morgan fingerprint density at radius 2 is 2.11 bits per heavy atom. The molecule has 18 heavy (non-hydrogen) atoms. The second-order valence-electron chi connectivity index (χ2n) is 3.66. The lowest BCUT2D eigenvalue weighted by Crippen LogP contribution is -1.99. The Morgan fingerprint density at radius 3 is 2.72 bits per heavy atom. The van der Waals surface area contributed by atoms with Crippen LogP contribution in [0.3, 0.4) is 0 Å². The highest BCUT2D eigenvalue weighted by molar-refractivity contribution is 6.33. The monoisotopic (exact) mass is 265 g/mol. The molecule has 0 saturated carbocycles. The fourth-order valence-electron chi connectivity index (χ4n) is 1.58. The van der Waals surface area contributed by atoms with E-state index in [4.69, 9.17) is 21.4 Å². The topological polar surface area (TPSA) is 68.1 Å². The van der Waals surface area contributed by atoms with Crippen LogP contribution in [0.2, 0.25) is 5.02 Å². The molecule has 0 radical (unpaired) electrons. The molecule has 5 nitrogen and oxygen atoms in total. The van der Waals surface area contributed by atoms with Crippen LogP contribution < -0.4 is 4.74 Å². The number of methoxy groups -OCH3 is 1. The molecule has 0 aliphatic heterocycles. The van der Waals surface area contributed by atoms with Crippen molar-refractivity contribution >= 4 is 11.6 Å². The summed E-state index contributed by atoms with van der Waals surface area (Å²) >= 11 is 6.10. The Balaban J connectivity index is 2.54. The maximum atomic E-state index is 9.00. The number of halogens is 1. The highest BCUT2D eigenvalue weighted by Gasteiger charge is 2.11. The number of hydrogen-bond donors (Lipinski definition) is 1. The summed E-state index contributed by atoms with van der Waals surface area (Å²) < 4.78 is 5.06. The summed E-state index contributed by atoms with van der Waals surface area (Å²) in [7, 11) is 1.54. The molecule has 0 saturated heterocycles. The molecule has 2 heterocycles. The van der Waals surface area contributed by atoms with E-state index in [2.05, 4.69) is 15.0 Å². The second-order valence-corrected chi connectivity index (χ2v) is 4.07. The minimum absolute atomic E-state index is 0.137. The molecular weight excluding hydrogens is 254 g/mol. The van der Waals surface area contributed by atoms with E-state index in [9.17, 15) is 0 Å². The zero-order chi connectivity index (χ0) is 13.1. The van der Waals surface area contributed by atoms with Crippen molar-refractivity contribution in [2.45, 2.75) is 13.5 Å². The van der Waals surface area contributed by atoms with Gasteiger partial charge in [0.25, 0.3) is 0 Å². The maximum absolute atomic E-state index is 9.00. The molecule has 0 fully saturated rings. The molecule has 0 aliphatic carbocycles. The average Bonchev–Trinajstić information content (AvgIpc) is 2.39. The third-order valence-corrected chi connectivity index (χ3v) is 2.75. The van der Waals surface area contributed by atoms with Crippen LogP contribution in [0, 0.1) is 6.92 Å². The van der Waals surface area contributed by atoms with Crippen molar-refractivity contribution in [1.29, 1.82) is 0 Å². The molecular formula is C12H12ClN3O2. The van der Waals surface area contributed by atoms with E-state index in [0.717, 1.165) is 0 Å². The summed E-state index contributed by atoms with van der Waals surface area (Å²) in [6.07, 6.45) is 3.03. The normalized spacial score (nSPS) is 10.4. The fourth-order valence-corrected chi connectivity index (χ4v) is 1.78. The molecule has 0 aliphatic rings. The Labute approximate surface area is 109 Å². The number of aliphatic hydroxyl groups is 1. The van der Waals surface area contributed by atoms with E-state index in [-0.39, 0.29) is 6.61 Å². The van der Waals surface area contributed by atoms with Gasteiger partial charge in [-0.05, 0) is 6.92 Å². The van der Waals surface area contributed by atoms with Gasteiger partial charge in [0.15, 0.2) is 0 Å². The molecule has 0 aromatic carbocycles. The Bertz CT molecular complexity index is 575. The number of aliphatic hydroxyl groups excluding tert-OH is 1. The first-order chi connectivity index (χ1) is 8.65. The fraction of sp³-hybridized carbons (Fsp3) is 0.250. The van der Waals surface area contributed by atoms with Crippen LogP contribution in [0.1, 0.15) is 11.4 Å². The van der Waals surface area contributed by atoms with Crippen molar-refractivity contribution in [1.82, 2.24) is 15.0 Å². The van der Waals surface area contributed by atoms with Gasteiger partial charge in [-0.2, -0.15) is 0 Å². The minimum Gasteiger partial charge on any atom is -0.481 e. The van der Waals surface area contributed by atoms with Gasteiger partial charge < -0.3 is 9.84 Å². The lowest BCUT2D eigenvalue weighted by atomic mass is 10.1. The van der Waals surface area contributed by atoms with Gasteiger partial charge in [0, 0.05) is 11.6 Å². The van der Waals surface area contributed by atoms with Crippen LogP contribution >= 0.6 is 11.6 Å². The Morgan fingerprint density at radius 1 is 1.33 bits per heavy atom. The van der Waals surface area contributed by atoms with Gasteiger partial charge in [-0.25, -0.2) is 4.98 Å². The quantitative estimate of drug-likeness (QED) is 0.919. The van der Waals surface area contributed by atoms with Gasteiger partial charge in [0.1, 0.15) is 0 Å². The standard InChI is InChI=1S/C12H12ClN3O2/c1-7-12(15-4-8(6-17)16-7)9-3-11(18-2)14-5-10(9)13/h3-5,17H,6H2,1-2H3. The van der Waals surface area contributed by atoms with Crippen LogP contribution in [0.4, 0.5) is 0 Å². The van der Waals surface area contributed by atoms with Gasteiger partial charge in [0.2, 0.25) is 5.88 Å². The number of ether oxygens (including phenoxy) is 1. The number of nitrogens with zero attached hydrogens (tertiary/aromatic N) is 3. The molecule has 0 amide bonds. The SMILES string of the molecule is COc1cc(-c2ncc(CO)nc2C)c(Cl)cn1. The van der Waals surface area contributed by atoms with Crippen LogP contribution in [-0.4, -0.2) is 27.2 Å². The minimum atomic E-state index is -0.137. The first kappa shape index (κ1) is 12.7. The van der Waals surface area contributed by atoms with Crippen LogP contribution in [-0.2, 0) is 6.61 Å². The molecule has 0 unspecified atom stereocenters. The van der Waals surface area contributed by atoms with E-state index < -0.39 is 0 Å². The van der Waals surface area contributed by atoms with Crippen molar-refractivity contribution in [3.63, 3.8) is 0 Å². The van der Waals surface area contributed by atoms with Crippen molar-refractivity contribution < 1.29 is 9.84 Å². The second kappa shape index (κ2) is 5.29. The zero-order valence-corrected chi connectivity index (χ0v) is 10.8. The molecule has 0 bridgehead atoms. The van der Waals surface area contributed by atoms with Gasteiger partial charge in [-0.1, -0.05) is 11.6 Å². The largest absolute Gasteiger partial charge is 0.481 e. The molecule has 2 rings (SSSR count). The highest BCUT2D eigenvalue weighted by Crippen LogP contribution is 2.29. The maximum Gasteiger partial charge on any atom is 0.213 e. The van der Waals surface area contributed by atoms with E-state index in [0.29, 0.717) is 33.5 Å². The molecule has 0 atom stereocenters. The molecule has 6 heteroatoms. The van der Waals surface area contributed by atoms with E-state index in [1.165, 1.54) is 19.5 Å². The Kier molecular flexibility index (Phi) is 3.74. The molecule has 0 spiro atoms. The summed E-state index contributed by atoms with van der Waals surface area (Å²) in [6.45, 7) is 1.67. The predicted molar refractivity (Wildman–Crippen MR) is 67.5 cm³/mol. The first-order valence-electron chi connectivity index (χ1n) is 5.29. The lowest BCUT2D eigenvalue weighted by molar-refractivity contribution is 0.276. The molecule has 2 aromatic heterocycles. The third kappa shape index (κ3) is 2.42. The van der Waals surface area contributed by atoms with Crippen molar-refractivity contribution in [2.75, 3.05) is 7.11 Å². The summed E-state index contributed by atoms with van der Waals surface area (Å²) in [5.41, 5.74) is 2.57. The van der Waals surface area contributed by atoms with Gasteiger partial charge in [-0.3, -0.25) is 9.97 Å². The number of aryl methyl sites for hydroxylation is 1.